The van der Waals surface area contributed by atoms with Crippen LogP contribution in [0.15, 0.2) is 12.1 Å². The van der Waals surface area contributed by atoms with Gasteiger partial charge in [-0.15, -0.1) is 0 Å². The summed E-state index contributed by atoms with van der Waals surface area (Å²) >= 11 is 0. The Bertz CT molecular complexity index is 450. The maximum absolute atomic E-state index is 13.3. The number of hydrogen-bond acceptors (Lipinski definition) is 2. The second-order valence-electron chi connectivity index (χ2n) is 4.54. The van der Waals surface area contributed by atoms with E-state index in [1.54, 1.807) is 0 Å². The van der Waals surface area contributed by atoms with E-state index in [2.05, 4.69) is 10.6 Å². The summed E-state index contributed by atoms with van der Waals surface area (Å²) < 4.78 is 39.4. The third-order valence-corrected chi connectivity index (χ3v) is 3.16. The molecule has 1 fully saturated rings. The number of halogens is 3. The highest BCUT2D eigenvalue weighted by Crippen LogP contribution is 2.15. The van der Waals surface area contributed by atoms with Crippen LogP contribution in [0.4, 0.5) is 13.2 Å². The number of carbonyl (C=O) groups excluding carboxylic acids is 1. The van der Waals surface area contributed by atoms with Crippen molar-refractivity contribution in [2.45, 2.75) is 25.3 Å². The molecular weight excluding hydrogens is 257 g/mol. The van der Waals surface area contributed by atoms with Crippen LogP contribution < -0.4 is 10.6 Å². The topological polar surface area (TPSA) is 41.1 Å². The van der Waals surface area contributed by atoms with Gasteiger partial charge >= 0.3 is 0 Å². The summed E-state index contributed by atoms with van der Waals surface area (Å²) in [6.45, 7) is 0.926. The molecule has 104 valence electrons. The van der Waals surface area contributed by atoms with E-state index in [0.29, 0.717) is 12.1 Å². The Morgan fingerprint density at radius 2 is 2.00 bits per heavy atom. The van der Waals surface area contributed by atoms with Crippen molar-refractivity contribution in [3.8, 4) is 0 Å². The molecule has 1 saturated heterocycles. The zero-order chi connectivity index (χ0) is 13.8. The number of rotatable bonds is 4. The molecule has 1 aliphatic rings. The molecule has 1 unspecified atom stereocenters. The van der Waals surface area contributed by atoms with Gasteiger partial charge in [0.1, 0.15) is 17.5 Å². The minimum Gasteiger partial charge on any atom is -0.354 e. The van der Waals surface area contributed by atoms with Crippen molar-refractivity contribution in [2.75, 3.05) is 13.1 Å². The van der Waals surface area contributed by atoms with Gasteiger partial charge in [-0.3, -0.25) is 4.79 Å². The predicted molar refractivity (Wildman–Crippen MR) is 64.1 cm³/mol. The van der Waals surface area contributed by atoms with Crippen molar-refractivity contribution >= 4 is 5.91 Å². The molecule has 0 saturated carbocycles. The summed E-state index contributed by atoms with van der Waals surface area (Å²) in [5.41, 5.74) is -0.207. The molecule has 3 nitrogen and oxygen atoms in total. The van der Waals surface area contributed by atoms with Gasteiger partial charge in [0, 0.05) is 24.2 Å². The van der Waals surface area contributed by atoms with E-state index in [1.165, 1.54) is 0 Å². The van der Waals surface area contributed by atoms with E-state index in [1.807, 2.05) is 0 Å². The number of benzene rings is 1. The Morgan fingerprint density at radius 1 is 1.32 bits per heavy atom. The Hall–Kier alpha value is -1.56. The second kappa shape index (κ2) is 6.06. The van der Waals surface area contributed by atoms with Gasteiger partial charge in [-0.05, 0) is 25.8 Å². The predicted octanol–water partition coefficient (Wildman–Crippen LogP) is 1.51. The molecule has 6 heteroatoms. The molecule has 1 amide bonds. The van der Waals surface area contributed by atoms with Crippen molar-refractivity contribution in [2.24, 2.45) is 0 Å². The number of nitrogens with one attached hydrogen (secondary N) is 2. The summed E-state index contributed by atoms with van der Waals surface area (Å²) in [7, 11) is 0. The normalized spacial score (nSPS) is 18.6. The molecule has 0 bridgehead atoms. The van der Waals surface area contributed by atoms with Crippen LogP contribution in [0.2, 0.25) is 0 Å². The Labute approximate surface area is 109 Å². The van der Waals surface area contributed by atoms with Crippen LogP contribution >= 0.6 is 0 Å². The molecule has 0 aromatic heterocycles. The van der Waals surface area contributed by atoms with Gasteiger partial charge < -0.3 is 10.6 Å². The van der Waals surface area contributed by atoms with Gasteiger partial charge in [0.25, 0.3) is 0 Å². The van der Waals surface area contributed by atoms with Crippen LogP contribution in [0.1, 0.15) is 18.4 Å². The van der Waals surface area contributed by atoms with Crippen molar-refractivity contribution in [1.29, 1.82) is 0 Å². The number of amides is 1. The van der Waals surface area contributed by atoms with E-state index in [-0.39, 0.29) is 30.5 Å². The molecule has 1 heterocycles. The van der Waals surface area contributed by atoms with Crippen molar-refractivity contribution in [3.63, 3.8) is 0 Å². The molecule has 0 spiro atoms. The third kappa shape index (κ3) is 3.47. The molecule has 2 N–H and O–H groups in total. The monoisotopic (exact) mass is 272 g/mol. The van der Waals surface area contributed by atoms with Crippen molar-refractivity contribution < 1.29 is 18.0 Å². The summed E-state index contributed by atoms with van der Waals surface area (Å²) in [6.07, 6.45) is 1.71. The fourth-order valence-corrected chi connectivity index (χ4v) is 2.15. The average molecular weight is 272 g/mol. The summed E-state index contributed by atoms with van der Waals surface area (Å²) in [6, 6.07) is 1.06. The first-order valence-corrected chi connectivity index (χ1v) is 6.22. The first-order valence-electron chi connectivity index (χ1n) is 6.22. The van der Waals surface area contributed by atoms with Gasteiger partial charge in [0.05, 0.1) is 6.04 Å². The molecule has 0 radical (unpaired) electrons. The van der Waals surface area contributed by atoms with Gasteiger partial charge in [-0.25, -0.2) is 13.2 Å². The molecule has 1 aromatic carbocycles. The van der Waals surface area contributed by atoms with Crippen LogP contribution in [-0.2, 0) is 11.2 Å². The Kier molecular flexibility index (Phi) is 4.42. The van der Waals surface area contributed by atoms with Gasteiger partial charge in [0.15, 0.2) is 0 Å². The lowest BCUT2D eigenvalue weighted by Crippen LogP contribution is -2.41. The van der Waals surface area contributed by atoms with Gasteiger partial charge in [-0.1, -0.05) is 0 Å². The smallest absolute Gasteiger partial charge is 0.237 e. The van der Waals surface area contributed by atoms with Crippen LogP contribution in [0.3, 0.4) is 0 Å². The molecule has 0 aliphatic carbocycles. The zero-order valence-corrected chi connectivity index (χ0v) is 10.3. The molecule has 2 rings (SSSR count). The summed E-state index contributed by atoms with van der Waals surface area (Å²) in [5.74, 6) is -2.96. The van der Waals surface area contributed by atoms with Crippen LogP contribution in [0.5, 0.6) is 0 Å². The summed E-state index contributed by atoms with van der Waals surface area (Å²) in [4.78, 5) is 11.6. The van der Waals surface area contributed by atoms with Gasteiger partial charge in [-0.2, -0.15) is 0 Å². The molecule has 19 heavy (non-hydrogen) atoms. The van der Waals surface area contributed by atoms with Crippen molar-refractivity contribution in [3.05, 3.63) is 35.1 Å². The molecule has 1 atom stereocenters. The highest BCUT2D eigenvalue weighted by atomic mass is 19.1. The Balaban J connectivity index is 1.87. The van der Waals surface area contributed by atoms with Crippen LogP contribution in [0.25, 0.3) is 0 Å². The minimum atomic E-state index is -0.946. The van der Waals surface area contributed by atoms with Crippen LogP contribution in [-0.4, -0.2) is 25.0 Å². The van der Waals surface area contributed by atoms with Crippen LogP contribution in [0, 0.1) is 17.5 Å². The lowest BCUT2D eigenvalue weighted by atomic mass is 10.1. The van der Waals surface area contributed by atoms with E-state index >= 15 is 0 Å². The molecule has 1 aliphatic heterocycles. The third-order valence-electron chi connectivity index (χ3n) is 3.16. The first kappa shape index (κ1) is 13.9. The quantitative estimate of drug-likeness (QED) is 0.872. The Morgan fingerprint density at radius 3 is 2.58 bits per heavy atom. The van der Waals surface area contributed by atoms with Gasteiger partial charge in [0.2, 0.25) is 5.91 Å². The SMILES string of the molecule is O=C(NCCc1c(F)cc(F)cc1F)C1CCCN1. The molecule has 1 aromatic rings. The van der Waals surface area contributed by atoms with E-state index in [0.717, 1.165) is 19.4 Å². The first-order chi connectivity index (χ1) is 9.08. The van der Waals surface area contributed by atoms with E-state index in [9.17, 15) is 18.0 Å². The zero-order valence-electron chi connectivity index (χ0n) is 10.3. The largest absolute Gasteiger partial charge is 0.354 e. The fraction of sp³-hybridized carbons (Fsp3) is 0.462. The number of carbonyl (C=O) groups is 1. The highest BCUT2D eigenvalue weighted by molar-refractivity contribution is 5.81. The lowest BCUT2D eigenvalue weighted by molar-refractivity contribution is -0.122. The standard InChI is InChI=1S/C13H15F3N2O/c14-8-6-10(15)9(11(16)7-8)3-5-18-13(19)12-2-1-4-17-12/h6-7,12,17H,1-5H2,(H,18,19). The fourth-order valence-electron chi connectivity index (χ4n) is 2.15. The minimum absolute atomic E-state index is 0.00356. The average Bonchev–Trinajstić information content (AvgIpc) is 2.85. The lowest BCUT2D eigenvalue weighted by Gasteiger charge is -2.11. The molecular formula is C13H15F3N2O. The second-order valence-corrected chi connectivity index (χ2v) is 4.54. The number of hydrogen-bond donors (Lipinski definition) is 2. The summed E-state index contributed by atoms with van der Waals surface area (Å²) in [5, 5.41) is 5.64. The highest BCUT2D eigenvalue weighted by Gasteiger charge is 2.21. The maximum atomic E-state index is 13.3. The van der Waals surface area contributed by atoms with E-state index in [4.69, 9.17) is 0 Å². The van der Waals surface area contributed by atoms with Crippen molar-refractivity contribution in [1.82, 2.24) is 10.6 Å². The maximum Gasteiger partial charge on any atom is 0.237 e. The van der Waals surface area contributed by atoms with E-state index < -0.39 is 17.5 Å².